The third kappa shape index (κ3) is 5.19. The lowest BCUT2D eigenvalue weighted by molar-refractivity contribution is -0.137. The van der Waals surface area contributed by atoms with Crippen LogP contribution in [-0.4, -0.2) is 42.3 Å². The van der Waals surface area contributed by atoms with Crippen LogP contribution in [0, 0.1) is 6.92 Å². The van der Waals surface area contributed by atoms with E-state index in [2.05, 4.69) is 10.3 Å². The second kappa shape index (κ2) is 8.70. The predicted octanol–water partition coefficient (Wildman–Crippen LogP) is 3.38. The summed E-state index contributed by atoms with van der Waals surface area (Å²) in [6.07, 6.45) is -4.61. The number of nitrogens with zero attached hydrogens (tertiary/aromatic N) is 1. The molecular formula is C18H17F3N2O5. The third-order valence-corrected chi connectivity index (χ3v) is 3.65. The first kappa shape index (κ1) is 21.2. The molecule has 0 atom stereocenters. The van der Waals surface area contributed by atoms with Gasteiger partial charge in [-0.05, 0) is 37.3 Å². The summed E-state index contributed by atoms with van der Waals surface area (Å²) in [6.45, 7) is 1.67. The van der Waals surface area contributed by atoms with Crippen molar-refractivity contribution in [2.75, 3.05) is 25.6 Å². The summed E-state index contributed by atoms with van der Waals surface area (Å²) in [6, 6.07) is 5.05. The van der Waals surface area contributed by atoms with Crippen LogP contribution in [0.25, 0.3) is 0 Å². The lowest BCUT2D eigenvalue weighted by Gasteiger charge is -2.15. The fourth-order valence-corrected chi connectivity index (χ4v) is 2.26. The molecule has 1 heterocycles. The first-order valence-corrected chi connectivity index (χ1v) is 7.98. The second-order valence-electron chi connectivity index (χ2n) is 5.64. The Labute approximate surface area is 158 Å². The second-order valence-corrected chi connectivity index (χ2v) is 5.64. The summed E-state index contributed by atoms with van der Waals surface area (Å²) in [7, 11) is 1.44. The van der Waals surface area contributed by atoms with Crippen LogP contribution in [0.3, 0.4) is 0 Å². The molecule has 1 amide bonds. The van der Waals surface area contributed by atoms with E-state index in [1.807, 2.05) is 0 Å². The maximum absolute atomic E-state index is 13.0. The van der Waals surface area contributed by atoms with Crippen molar-refractivity contribution in [3.8, 4) is 5.75 Å². The number of halogens is 3. The number of rotatable bonds is 7. The van der Waals surface area contributed by atoms with E-state index in [0.717, 1.165) is 18.2 Å². The number of carboxylic acids is 1. The van der Waals surface area contributed by atoms with Gasteiger partial charge in [0.15, 0.2) is 0 Å². The lowest BCUT2D eigenvalue weighted by atomic mass is 10.1. The molecule has 0 aliphatic carbocycles. The van der Waals surface area contributed by atoms with Crippen LogP contribution >= 0.6 is 0 Å². The first-order valence-electron chi connectivity index (χ1n) is 7.98. The zero-order valence-corrected chi connectivity index (χ0v) is 15.0. The van der Waals surface area contributed by atoms with E-state index in [-0.39, 0.29) is 41.6 Å². The van der Waals surface area contributed by atoms with Gasteiger partial charge in [0, 0.05) is 7.11 Å². The molecule has 0 unspecified atom stereocenters. The molecule has 28 heavy (non-hydrogen) atoms. The number of aryl methyl sites for hydroxylation is 1. The van der Waals surface area contributed by atoms with Crippen molar-refractivity contribution in [1.29, 1.82) is 0 Å². The van der Waals surface area contributed by atoms with Gasteiger partial charge in [-0.1, -0.05) is 0 Å². The zero-order chi connectivity index (χ0) is 20.9. The molecule has 0 aliphatic heterocycles. The Hall–Kier alpha value is -3.14. The largest absolute Gasteiger partial charge is 0.489 e. The van der Waals surface area contributed by atoms with Crippen LogP contribution in [-0.2, 0) is 10.9 Å². The molecule has 1 aromatic heterocycles. The molecule has 0 bridgehead atoms. The number of methoxy groups -OCH3 is 1. The predicted molar refractivity (Wildman–Crippen MR) is 92.7 cm³/mol. The summed E-state index contributed by atoms with van der Waals surface area (Å²) in [5.41, 5.74) is -1.30. The average molecular weight is 398 g/mol. The molecule has 10 heteroatoms. The van der Waals surface area contributed by atoms with E-state index in [1.165, 1.54) is 26.2 Å². The number of nitrogens with one attached hydrogen (secondary N) is 1. The molecule has 0 fully saturated rings. The van der Waals surface area contributed by atoms with Crippen molar-refractivity contribution >= 4 is 17.6 Å². The van der Waals surface area contributed by atoms with Gasteiger partial charge in [0.1, 0.15) is 18.1 Å². The Bertz CT molecular complexity index is 884. The number of alkyl halides is 3. The van der Waals surface area contributed by atoms with Crippen molar-refractivity contribution in [1.82, 2.24) is 4.98 Å². The lowest BCUT2D eigenvalue weighted by Crippen LogP contribution is -2.17. The van der Waals surface area contributed by atoms with E-state index in [4.69, 9.17) is 14.6 Å². The average Bonchev–Trinajstić information content (AvgIpc) is 2.61. The van der Waals surface area contributed by atoms with Crippen LogP contribution in [0.15, 0.2) is 30.3 Å². The van der Waals surface area contributed by atoms with E-state index in [1.54, 1.807) is 0 Å². The van der Waals surface area contributed by atoms with Gasteiger partial charge in [0.05, 0.1) is 29.1 Å². The number of hydrogen-bond donors (Lipinski definition) is 2. The molecule has 2 N–H and O–H groups in total. The minimum absolute atomic E-state index is 0.0253. The molecule has 0 spiro atoms. The fourth-order valence-electron chi connectivity index (χ4n) is 2.26. The minimum atomic E-state index is -4.61. The molecule has 0 saturated heterocycles. The Balaban J connectivity index is 2.32. The van der Waals surface area contributed by atoms with Gasteiger partial charge >= 0.3 is 12.1 Å². The van der Waals surface area contributed by atoms with Gasteiger partial charge in [-0.25, -0.2) is 9.78 Å². The van der Waals surface area contributed by atoms with Gasteiger partial charge in [-0.2, -0.15) is 13.2 Å². The highest BCUT2D eigenvalue weighted by molar-refractivity contribution is 6.04. The van der Waals surface area contributed by atoms with E-state index in [0.29, 0.717) is 0 Å². The topological polar surface area (TPSA) is 97.8 Å². The van der Waals surface area contributed by atoms with Crippen LogP contribution < -0.4 is 10.1 Å². The van der Waals surface area contributed by atoms with Crippen molar-refractivity contribution in [3.05, 3.63) is 52.8 Å². The van der Waals surface area contributed by atoms with E-state index < -0.39 is 23.6 Å². The zero-order valence-electron chi connectivity index (χ0n) is 15.0. The summed E-state index contributed by atoms with van der Waals surface area (Å²) < 4.78 is 49.2. The van der Waals surface area contributed by atoms with E-state index in [9.17, 15) is 22.8 Å². The quantitative estimate of drug-likeness (QED) is 0.694. The van der Waals surface area contributed by atoms with Gasteiger partial charge < -0.3 is 19.9 Å². The number of amides is 1. The molecule has 0 radical (unpaired) electrons. The van der Waals surface area contributed by atoms with Crippen molar-refractivity contribution in [2.45, 2.75) is 13.1 Å². The SMILES string of the molecule is COCCOc1ccc(C(F)(F)F)cc1NC(=O)c1ccc(C(=O)O)c(C)n1. The Morgan fingerprint density at radius 3 is 2.46 bits per heavy atom. The third-order valence-electron chi connectivity index (χ3n) is 3.65. The number of anilines is 1. The highest BCUT2D eigenvalue weighted by atomic mass is 19.4. The van der Waals surface area contributed by atoms with Crippen LogP contribution in [0.5, 0.6) is 5.75 Å². The molecule has 2 rings (SSSR count). The number of carboxylic acid groups (broad SMARTS) is 1. The summed E-state index contributed by atoms with van der Waals surface area (Å²) in [5.74, 6) is -1.99. The van der Waals surface area contributed by atoms with Crippen LogP contribution in [0.4, 0.5) is 18.9 Å². The molecule has 150 valence electrons. The summed E-state index contributed by atoms with van der Waals surface area (Å²) >= 11 is 0. The number of hydrogen-bond acceptors (Lipinski definition) is 5. The number of benzene rings is 1. The summed E-state index contributed by atoms with van der Waals surface area (Å²) in [5, 5.41) is 11.3. The molecule has 0 aliphatic rings. The molecule has 7 nitrogen and oxygen atoms in total. The minimum Gasteiger partial charge on any atom is -0.489 e. The van der Waals surface area contributed by atoms with Gasteiger partial charge in [-0.3, -0.25) is 4.79 Å². The standard InChI is InChI=1S/C18H17F3N2O5/c1-10-12(17(25)26)4-5-13(22-10)16(24)23-14-9-11(18(19,20)21)3-6-15(14)28-8-7-27-2/h3-6,9H,7-8H2,1-2H3,(H,23,24)(H,25,26). The van der Waals surface area contributed by atoms with Crippen LogP contribution in [0.1, 0.15) is 32.1 Å². The molecule has 2 aromatic rings. The molecular weight excluding hydrogens is 381 g/mol. The van der Waals surface area contributed by atoms with Crippen LogP contribution in [0.2, 0.25) is 0 Å². The highest BCUT2D eigenvalue weighted by Crippen LogP contribution is 2.35. The maximum Gasteiger partial charge on any atom is 0.416 e. The van der Waals surface area contributed by atoms with Gasteiger partial charge in [-0.15, -0.1) is 0 Å². The number of pyridine rings is 1. The number of aromatic nitrogens is 1. The Morgan fingerprint density at radius 1 is 1.18 bits per heavy atom. The first-order chi connectivity index (χ1) is 13.1. The molecule has 0 saturated carbocycles. The van der Waals surface area contributed by atoms with Gasteiger partial charge in [0.25, 0.3) is 5.91 Å². The summed E-state index contributed by atoms with van der Waals surface area (Å²) in [4.78, 5) is 27.3. The van der Waals surface area contributed by atoms with E-state index >= 15 is 0 Å². The highest BCUT2D eigenvalue weighted by Gasteiger charge is 2.31. The van der Waals surface area contributed by atoms with Crippen molar-refractivity contribution < 1.29 is 37.3 Å². The Morgan fingerprint density at radius 2 is 1.89 bits per heavy atom. The number of ether oxygens (including phenoxy) is 2. The number of carbonyl (C=O) groups excluding carboxylic acids is 1. The molecule has 1 aromatic carbocycles. The van der Waals surface area contributed by atoms with Gasteiger partial charge in [0.2, 0.25) is 0 Å². The number of aromatic carboxylic acids is 1. The van der Waals surface area contributed by atoms with Crippen molar-refractivity contribution in [2.24, 2.45) is 0 Å². The fraction of sp³-hybridized carbons (Fsp3) is 0.278. The van der Waals surface area contributed by atoms with Crippen molar-refractivity contribution in [3.63, 3.8) is 0 Å². The number of carbonyl (C=O) groups is 2. The monoisotopic (exact) mass is 398 g/mol. The normalized spacial score (nSPS) is 11.2. The smallest absolute Gasteiger partial charge is 0.416 e. The Kier molecular flexibility index (Phi) is 6.57. The maximum atomic E-state index is 13.0.